The van der Waals surface area contributed by atoms with Gasteiger partial charge in [-0.05, 0) is 38.1 Å². The first-order chi connectivity index (χ1) is 8.22. The summed E-state index contributed by atoms with van der Waals surface area (Å²) in [6, 6.07) is 0. The molecule has 0 radical (unpaired) electrons. The van der Waals surface area contributed by atoms with E-state index in [2.05, 4.69) is 22.4 Å². The summed E-state index contributed by atoms with van der Waals surface area (Å²) in [5, 5.41) is 2.11. The lowest BCUT2D eigenvalue weighted by atomic mass is 9.88. The summed E-state index contributed by atoms with van der Waals surface area (Å²) in [5.41, 5.74) is 3.13. The largest absolute Gasteiger partial charge is 0.304 e. The van der Waals surface area contributed by atoms with Gasteiger partial charge in [0.2, 0.25) is 5.91 Å². The molecule has 3 aliphatic rings. The zero-order valence-corrected chi connectivity index (χ0v) is 10.7. The molecule has 2 bridgehead atoms. The standard InChI is InChI=1S/C13H23N3O/c1-15-4-6-16(7-5-15)14-13(17)12-9-10-2-3-11(12)8-10/h10-12H,2-9H2,1H3,(H,14,17)/t10-,11+,12+/m0/s1. The molecular formula is C13H23N3O. The molecule has 0 aromatic heterocycles. The lowest BCUT2D eigenvalue weighted by molar-refractivity contribution is -0.132. The molecule has 3 rings (SSSR count). The van der Waals surface area contributed by atoms with Crippen molar-refractivity contribution in [3.05, 3.63) is 0 Å². The van der Waals surface area contributed by atoms with Gasteiger partial charge in [-0.1, -0.05) is 6.42 Å². The average molecular weight is 237 g/mol. The van der Waals surface area contributed by atoms with Gasteiger partial charge in [-0.2, -0.15) is 0 Å². The van der Waals surface area contributed by atoms with Gasteiger partial charge in [0.05, 0.1) is 0 Å². The number of hydrogen-bond donors (Lipinski definition) is 1. The molecule has 4 heteroatoms. The highest BCUT2D eigenvalue weighted by atomic mass is 16.2. The first-order valence-corrected chi connectivity index (χ1v) is 6.96. The van der Waals surface area contributed by atoms with E-state index in [0.29, 0.717) is 17.7 Å². The molecule has 1 aliphatic heterocycles. The van der Waals surface area contributed by atoms with Gasteiger partial charge in [0.1, 0.15) is 0 Å². The van der Waals surface area contributed by atoms with Gasteiger partial charge in [-0.25, -0.2) is 5.01 Å². The fourth-order valence-electron chi connectivity index (χ4n) is 3.72. The van der Waals surface area contributed by atoms with Gasteiger partial charge in [-0.3, -0.25) is 10.2 Å². The molecule has 1 N–H and O–H groups in total. The highest BCUT2D eigenvalue weighted by Crippen LogP contribution is 2.48. The monoisotopic (exact) mass is 237 g/mol. The zero-order valence-electron chi connectivity index (χ0n) is 10.7. The third-order valence-electron chi connectivity index (χ3n) is 4.85. The van der Waals surface area contributed by atoms with Gasteiger partial charge in [0.25, 0.3) is 0 Å². The predicted molar refractivity (Wildman–Crippen MR) is 66.2 cm³/mol. The second-order valence-corrected chi connectivity index (χ2v) is 6.05. The van der Waals surface area contributed by atoms with Crippen molar-refractivity contribution in [1.82, 2.24) is 15.3 Å². The van der Waals surface area contributed by atoms with Crippen LogP contribution in [0.1, 0.15) is 25.7 Å². The number of amides is 1. The molecule has 0 spiro atoms. The minimum Gasteiger partial charge on any atom is -0.304 e. The Labute approximate surface area is 103 Å². The van der Waals surface area contributed by atoms with Crippen molar-refractivity contribution in [2.75, 3.05) is 33.2 Å². The van der Waals surface area contributed by atoms with E-state index in [4.69, 9.17) is 0 Å². The van der Waals surface area contributed by atoms with Gasteiger partial charge < -0.3 is 4.90 Å². The zero-order chi connectivity index (χ0) is 11.8. The third-order valence-corrected chi connectivity index (χ3v) is 4.85. The fraction of sp³-hybridized carbons (Fsp3) is 0.923. The van der Waals surface area contributed by atoms with Crippen LogP contribution in [0, 0.1) is 17.8 Å². The van der Waals surface area contributed by atoms with Crippen LogP contribution in [0.2, 0.25) is 0 Å². The molecule has 1 amide bonds. The first kappa shape index (κ1) is 11.5. The molecule has 4 nitrogen and oxygen atoms in total. The van der Waals surface area contributed by atoms with Crippen LogP contribution in [0.15, 0.2) is 0 Å². The number of hydrogen-bond acceptors (Lipinski definition) is 3. The van der Waals surface area contributed by atoms with Crippen LogP contribution in [-0.4, -0.2) is 49.0 Å². The summed E-state index contributed by atoms with van der Waals surface area (Å²) in [5.74, 6) is 2.14. The Bertz CT molecular complexity index is 299. The van der Waals surface area contributed by atoms with Crippen LogP contribution >= 0.6 is 0 Å². The van der Waals surface area contributed by atoms with E-state index < -0.39 is 0 Å². The molecule has 2 saturated carbocycles. The van der Waals surface area contributed by atoms with Gasteiger partial charge in [0, 0.05) is 32.1 Å². The number of nitrogens with one attached hydrogen (secondary N) is 1. The van der Waals surface area contributed by atoms with Gasteiger partial charge >= 0.3 is 0 Å². The highest BCUT2D eigenvalue weighted by molar-refractivity contribution is 5.79. The van der Waals surface area contributed by atoms with E-state index >= 15 is 0 Å². The van der Waals surface area contributed by atoms with Crippen molar-refractivity contribution in [2.24, 2.45) is 17.8 Å². The smallest absolute Gasteiger partial charge is 0.237 e. The van der Waals surface area contributed by atoms with E-state index in [9.17, 15) is 4.79 Å². The van der Waals surface area contributed by atoms with Crippen LogP contribution in [-0.2, 0) is 4.79 Å². The number of nitrogens with zero attached hydrogens (tertiary/aromatic N) is 2. The van der Waals surface area contributed by atoms with Crippen molar-refractivity contribution in [3.8, 4) is 0 Å². The Balaban J connectivity index is 1.50. The number of rotatable bonds is 2. The number of likely N-dealkylation sites (N-methyl/N-ethyl adjacent to an activating group) is 1. The maximum Gasteiger partial charge on any atom is 0.237 e. The van der Waals surface area contributed by atoms with Crippen molar-refractivity contribution in [1.29, 1.82) is 0 Å². The molecule has 17 heavy (non-hydrogen) atoms. The van der Waals surface area contributed by atoms with E-state index in [1.165, 1.54) is 19.3 Å². The topological polar surface area (TPSA) is 35.6 Å². The normalized spacial score (nSPS) is 38.5. The first-order valence-electron chi connectivity index (χ1n) is 6.96. The summed E-state index contributed by atoms with van der Waals surface area (Å²) in [6.07, 6.45) is 5.10. The number of piperazine rings is 1. The molecular weight excluding hydrogens is 214 g/mol. The number of fused-ring (bicyclic) bond motifs is 2. The van der Waals surface area contributed by atoms with Crippen LogP contribution in [0.4, 0.5) is 0 Å². The maximum atomic E-state index is 12.2. The highest BCUT2D eigenvalue weighted by Gasteiger charge is 2.43. The minimum atomic E-state index is 0.293. The second-order valence-electron chi connectivity index (χ2n) is 6.05. The molecule has 0 aromatic rings. The second kappa shape index (κ2) is 4.58. The van der Waals surface area contributed by atoms with Crippen molar-refractivity contribution < 1.29 is 4.79 Å². The summed E-state index contributed by atoms with van der Waals surface area (Å²) < 4.78 is 0. The molecule has 1 heterocycles. The van der Waals surface area contributed by atoms with E-state index in [1.54, 1.807) is 0 Å². The SMILES string of the molecule is CN1CCN(NC(=O)[C@@H]2C[C@H]3CC[C@@H]2C3)CC1. The lowest BCUT2D eigenvalue weighted by Crippen LogP contribution is -2.54. The van der Waals surface area contributed by atoms with Crippen molar-refractivity contribution in [3.63, 3.8) is 0 Å². The van der Waals surface area contributed by atoms with E-state index in [0.717, 1.165) is 38.5 Å². The molecule has 1 saturated heterocycles. The maximum absolute atomic E-state index is 12.2. The van der Waals surface area contributed by atoms with Crippen LogP contribution in [0.5, 0.6) is 0 Å². The summed E-state index contributed by atoms with van der Waals surface area (Å²) in [6.45, 7) is 4.03. The fourth-order valence-corrected chi connectivity index (χ4v) is 3.72. The Morgan fingerprint density at radius 3 is 2.47 bits per heavy atom. The van der Waals surface area contributed by atoms with Crippen molar-refractivity contribution >= 4 is 5.91 Å². The Morgan fingerprint density at radius 1 is 1.12 bits per heavy atom. The van der Waals surface area contributed by atoms with Crippen LogP contribution < -0.4 is 5.43 Å². The molecule has 3 atom stereocenters. The van der Waals surface area contributed by atoms with Crippen LogP contribution in [0.3, 0.4) is 0 Å². The third kappa shape index (κ3) is 2.33. The van der Waals surface area contributed by atoms with Gasteiger partial charge in [-0.15, -0.1) is 0 Å². The Hall–Kier alpha value is -0.610. The summed E-state index contributed by atoms with van der Waals surface area (Å²) in [4.78, 5) is 14.5. The average Bonchev–Trinajstić information content (AvgIpc) is 2.94. The summed E-state index contributed by atoms with van der Waals surface area (Å²) >= 11 is 0. The molecule has 3 fully saturated rings. The molecule has 96 valence electrons. The summed E-state index contributed by atoms with van der Waals surface area (Å²) in [7, 11) is 2.13. The van der Waals surface area contributed by atoms with Crippen LogP contribution in [0.25, 0.3) is 0 Å². The number of carbonyl (C=O) groups excluding carboxylic acids is 1. The predicted octanol–water partition coefficient (Wildman–Crippen LogP) is 0.701. The molecule has 0 aromatic carbocycles. The van der Waals surface area contributed by atoms with Crippen molar-refractivity contribution in [2.45, 2.75) is 25.7 Å². The molecule has 0 unspecified atom stereocenters. The van der Waals surface area contributed by atoms with E-state index in [1.807, 2.05) is 0 Å². The Kier molecular flexibility index (Phi) is 3.09. The quantitative estimate of drug-likeness (QED) is 0.768. The minimum absolute atomic E-state index is 0.293. The Morgan fingerprint density at radius 2 is 1.88 bits per heavy atom. The molecule has 2 aliphatic carbocycles. The number of carbonyl (C=O) groups is 1. The lowest BCUT2D eigenvalue weighted by Gasteiger charge is -2.33. The van der Waals surface area contributed by atoms with Gasteiger partial charge in [0.15, 0.2) is 0 Å². The van der Waals surface area contributed by atoms with E-state index in [-0.39, 0.29) is 0 Å². The number of hydrazine groups is 1.